The number of fused-ring (bicyclic) bond motifs is 14. The van der Waals surface area contributed by atoms with Crippen LogP contribution in [0.5, 0.6) is 0 Å². The van der Waals surface area contributed by atoms with Gasteiger partial charge in [-0.2, -0.15) is 5.26 Å². The topological polar surface area (TPSA) is 43.5 Å². The van der Waals surface area contributed by atoms with Gasteiger partial charge in [-0.25, -0.2) is 0 Å². The summed E-state index contributed by atoms with van der Waals surface area (Å²) in [6, 6.07) is 73.9. The van der Waals surface area contributed by atoms with Crippen LogP contribution >= 0.6 is 0 Å². The molecular weight excluding hydrogens is 731 g/mol. The van der Waals surface area contributed by atoms with Crippen molar-refractivity contribution in [3.05, 3.63) is 206 Å². The summed E-state index contributed by atoms with van der Waals surface area (Å²) in [7, 11) is 0. The predicted molar refractivity (Wildman–Crippen MR) is 249 cm³/mol. The molecule has 4 aromatic heterocycles. The largest absolute Gasteiger partial charge is 0.309 e. The number of aromatic nitrogens is 4. The Kier molecular flexibility index (Phi) is 6.73. The Morgan fingerprint density at radius 3 is 1.07 bits per heavy atom. The number of rotatable bonds is 4. The van der Waals surface area contributed by atoms with Crippen LogP contribution in [0.1, 0.15) is 5.56 Å². The van der Waals surface area contributed by atoms with Gasteiger partial charge in [-0.3, -0.25) is 0 Å². The second kappa shape index (κ2) is 12.3. The average Bonchev–Trinajstić information content (AvgIpc) is 4.04. The van der Waals surface area contributed by atoms with Gasteiger partial charge < -0.3 is 18.3 Å². The van der Waals surface area contributed by atoms with Crippen molar-refractivity contribution in [2.45, 2.75) is 0 Å². The van der Waals surface area contributed by atoms with Crippen molar-refractivity contribution in [2.75, 3.05) is 0 Å². The highest BCUT2D eigenvalue weighted by atomic mass is 15.0. The highest BCUT2D eigenvalue weighted by Crippen LogP contribution is 2.45. The van der Waals surface area contributed by atoms with Crippen LogP contribution in [-0.4, -0.2) is 18.3 Å². The minimum atomic E-state index is 0.607. The van der Waals surface area contributed by atoms with E-state index in [0.29, 0.717) is 5.56 Å². The highest BCUT2D eigenvalue weighted by Gasteiger charge is 2.26. The molecule has 0 aliphatic carbocycles. The Morgan fingerprint density at radius 1 is 0.283 bits per heavy atom. The summed E-state index contributed by atoms with van der Waals surface area (Å²) < 4.78 is 9.43. The van der Waals surface area contributed by atoms with Crippen molar-refractivity contribution in [3.8, 4) is 28.8 Å². The zero-order valence-corrected chi connectivity index (χ0v) is 32.3. The summed E-state index contributed by atoms with van der Waals surface area (Å²) in [6.45, 7) is 0. The maximum atomic E-state index is 11.6. The minimum absolute atomic E-state index is 0.607. The van der Waals surface area contributed by atoms with E-state index in [4.69, 9.17) is 0 Å². The third kappa shape index (κ3) is 4.29. The van der Waals surface area contributed by atoms with E-state index < -0.39 is 0 Å². The predicted octanol–water partition coefficient (Wildman–Crippen LogP) is 13.9. The van der Waals surface area contributed by atoms with E-state index in [0.717, 1.165) is 99.2 Å². The number of hydrogen-bond acceptors (Lipinski definition) is 1. The molecule has 0 atom stereocenters. The molecule has 4 heterocycles. The number of para-hydroxylation sites is 6. The molecule has 0 aliphatic heterocycles. The fraction of sp³-hybridized carbons (Fsp3) is 0. The maximum absolute atomic E-state index is 11.6. The molecule has 13 rings (SSSR count). The molecule has 5 nitrogen and oxygen atoms in total. The lowest BCUT2D eigenvalue weighted by Crippen LogP contribution is -2.04. The first-order valence-corrected chi connectivity index (χ1v) is 20.4. The van der Waals surface area contributed by atoms with Crippen molar-refractivity contribution >= 4 is 87.2 Å². The summed E-state index contributed by atoms with van der Waals surface area (Å²) in [5.41, 5.74) is 13.3. The molecule has 0 fully saturated rings. The van der Waals surface area contributed by atoms with E-state index in [2.05, 4.69) is 225 Å². The van der Waals surface area contributed by atoms with Crippen LogP contribution in [0, 0.1) is 11.3 Å². The van der Waals surface area contributed by atoms with E-state index in [1.54, 1.807) is 0 Å². The normalized spacial score (nSPS) is 12.0. The van der Waals surface area contributed by atoms with Crippen LogP contribution in [0.15, 0.2) is 200 Å². The van der Waals surface area contributed by atoms with E-state index in [9.17, 15) is 5.26 Å². The fourth-order valence-corrected chi connectivity index (χ4v) is 10.2. The lowest BCUT2D eigenvalue weighted by atomic mass is 10.1. The maximum Gasteiger partial charge on any atom is 0.104 e. The Balaban J connectivity index is 1.18. The summed E-state index contributed by atoms with van der Waals surface area (Å²) in [5, 5.41) is 20.8. The van der Waals surface area contributed by atoms with Crippen LogP contribution in [0.2, 0.25) is 0 Å². The molecule has 60 heavy (non-hydrogen) atoms. The first kappa shape index (κ1) is 32.7. The van der Waals surface area contributed by atoms with Gasteiger partial charge in [-0.1, -0.05) is 127 Å². The summed E-state index contributed by atoms with van der Waals surface area (Å²) in [6.07, 6.45) is 0. The molecule has 0 saturated carbocycles. The monoisotopic (exact) mass is 763 g/mol. The molecule has 5 heteroatoms. The fourth-order valence-electron chi connectivity index (χ4n) is 10.2. The second-order valence-electron chi connectivity index (χ2n) is 15.6. The van der Waals surface area contributed by atoms with Gasteiger partial charge in [0.05, 0.1) is 55.5 Å². The lowest BCUT2D eigenvalue weighted by molar-refractivity contribution is 1.12. The van der Waals surface area contributed by atoms with Gasteiger partial charge in [0, 0.05) is 54.5 Å². The molecule has 0 aliphatic rings. The van der Waals surface area contributed by atoms with Crippen molar-refractivity contribution in [1.29, 1.82) is 5.26 Å². The minimum Gasteiger partial charge on any atom is -0.309 e. The van der Waals surface area contributed by atoms with Crippen molar-refractivity contribution in [1.82, 2.24) is 18.3 Å². The van der Waals surface area contributed by atoms with E-state index in [1.165, 1.54) is 10.8 Å². The smallest absolute Gasteiger partial charge is 0.104 e. The van der Waals surface area contributed by atoms with Crippen LogP contribution < -0.4 is 0 Å². The molecule has 278 valence electrons. The van der Waals surface area contributed by atoms with Gasteiger partial charge in [0.1, 0.15) is 11.6 Å². The van der Waals surface area contributed by atoms with E-state index >= 15 is 0 Å². The SMILES string of the molecule is N#Cc1c(-n2c3ccccc3c3ccc4c(c5ccccc5n4-c4ccccc4)c32)cccc1-n1c2ccccc2c2ccc3c(c4ccccc4n3-c3ccccc3)c21. The zero-order valence-electron chi connectivity index (χ0n) is 32.3. The van der Waals surface area contributed by atoms with Gasteiger partial charge >= 0.3 is 0 Å². The lowest BCUT2D eigenvalue weighted by Gasteiger charge is -2.16. The molecule has 0 spiro atoms. The summed E-state index contributed by atoms with van der Waals surface area (Å²) >= 11 is 0. The summed E-state index contributed by atoms with van der Waals surface area (Å²) in [4.78, 5) is 0. The van der Waals surface area contributed by atoms with Crippen LogP contribution in [0.25, 0.3) is 110 Å². The van der Waals surface area contributed by atoms with Crippen LogP contribution in [-0.2, 0) is 0 Å². The van der Waals surface area contributed by atoms with E-state index in [1.807, 2.05) is 0 Å². The van der Waals surface area contributed by atoms with E-state index in [-0.39, 0.29) is 0 Å². The molecule has 0 bridgehead atoms. The quantitative estimate of drug-likeness (QED) is 0.176. The Bertz CT molecular complexity index is 3700. The van der Waals surface area contributed by atoms with Gasteiger partial charge in [0.2, 0.25) is 0 Å². The van der Waals surface area contributed by atoms with Crippen molar-refractivity contribution in [2.24, 2.45) is 0 Å². The summed E-state index contributed by atoms with van der Waals surface area (Å²) in [5.74, 6) is 0. The first-order valence-electron chi connectivity index (χ1n) is 20.4. The van der Waals surface area contributed by atoms with Gasteiger partial charge in [0.15, 0.2) is 0 Å². The zero-order chi connectivity index (χ0) is 39.5. The van der Waals surface area contributed by atoms with Crippen molar-refractivity contribution < 1.29 is 0 Å². The Morgan fingerprint density at radius 2 is 0.650 bits per heavy atom. The number of nitriles is 1. The number of benzene rings is 9. The highest BCUT2D eigenvalue weighted by molar-refractivity contribution is 6.28. The molecule has 0 unspecified atom stereocenters. The van der Waals surface area contributed by atoms with Crippen molar-refractivity contribution in [3.63, 3.8) is 0 Å². The number of hydrogen-bond donors (Lipinski definition) is 0. The van der Waals surface area contributed by atoms with Crippen LogP contribution in [0.3, 0.4) is 0 Å². The second-order valence-corrected chi connectivity index (χ2v) is 15.6. The third-order valence-electron chi connectivity index (χ3n) is 12.6. The van der Waals surface area contributed by atoms with Gasteiger partial charge in [0.25, 0.3) is 0 Å². The number of nitrogens with zero attached hydrogens (tertiary/aromatic N) is 5. The van der Waals surface area contributed by atoms with Crippen LogP contribution in [0.4, 0.5) is 0 Å². The molecular formula is C55H33N5. The molecule has 0 saturated heterocycles. The molecule has 0 amide bonds. The Labute approximate surface area is 344 Å². The standard InChI is InChI=1S/C55H33N5/c56-34-43-48(59-44-24-11-7-20-37(44)39-30-32-50-52(54(39)59)41-22-9-13-26-46(41)57(50)35-16-3-1-4-17-35)28-15-29-49(43)60-45-25-12-8-21-38(45)40-31-33-51-53(55(40)60)42-23-10-14-27-47(42)58(51)36-18-5-2-6-19-36/h1-33H. The van der Waals surface area contributed by atoms with Gasteiger partial charge in [-0.05, 0) is 72.8 Å². The molecule has 0 N–H and O–H groups in total. The van der Waals surface area contributed by atoms with Gasteiger partial charge in [-0.15, -0.1) is 0 Å². The Hall–Kier alpha value is -8.33. The molecule has 13 aromatic rings. The average molecular weight is 764 g/mol. The third-order valence-corrected chi connectivity index (χ3v) is 12.6. The molecule has 9 aromatic carbocycles. The molecule has 0 radical (unpaired) electrons. The first-order chi connectivity index (χ1) is 29.8.